The van der Waals surface area contributed by atoms with E-state index in [4.69, 9.17) is 4.74 Å². The molecule has 4 rings (SSSR count). The van der Waals surface area contributed by atoms with Crippen LogP contribution in [-0.4, -0.2) is 63.5 Å². The summed E-state index contributed by atoms with van der Waals surface area (Å²) in [6.45, 7) is 1.63. The molecule has 13 heteroatoms. The number of sulfonamides is 1. The second-order valence-corrected chi connectivity index (χ2v) is 13.4. The van der Waals surface area contributed by atoms with Crippen LogP contribution in [0.2, 0.25) is 0 Å². The van der Waals surface area contributed by atoms with Gasteiger partial charge in [0.25, 0.3) is 5.91 Å². The lowest BCUT2D eigenvalue weighted by atomic mass is 10.2. The number of carbonyl (C=O) groups excluding carboxylic acids is 2. The number of sulfone groups is 1. The van der Waals surface area contributed by atoms with E-state index < -0.39 is 31.7 Å². The number of amides is 1. The highest BCUT2D eigenvalue weighted by Gasteiger charge is 2.35. The highest BCUT2D eigenvalue weighted by Crippen LogP contribution is 2.30. The van der Waals surface area contributed by atoms with Crippen LogP contribution in [0.25, 0.3) is 10.2 Å². The fourth-order valence-corrected chi connectivity index (χ4v) is 6.78. The summed E-state index contributed by atoms with van der Waals surface area (Å²) >= 11 is 1.06. The van der Waals surface area contributed by atoms with Crippen LogP contribution in [0.15, 0.2) is 57.2 Å². The van der Waals surface area contributed by atoms with Crippen LogP contribution < -0.4 is 4.80 Å². The number of fused-ring (bicyclic) bond motifs is 1. The van der Waals surface area contributed by atoms with Crippen molar-refractivity contribution in [2.75, 3.05) is 19.9 Å². The summed E-state index contributed by atoms with van der Waals surface area (Å²) in [6.07, 6.45) is 2.76. The lowest BCUT2D eigenvalue weighted by Gasteiger charge is -2.16. The number of rotatable bonds is 8. The number of nitrogens with zero attached hydrogens (tertiary/aromatic N) is 3. The third kappa shape index (κ3) is 5.43. The van der Waals surface area contributed by atoms with Gasteiger partial charge in [0.15, 0.2) is 14.6 Å². The van der Waals surface area contributed by atoms with E-state index in [1.54, 1.807) is 20.0 Å². The molecule has 1 heterocycles. The Morgan fingerprint density at radius 2 is 1.72 bits per heavy atom. The van der Waals surface area contributed by atoms with Crippen molar-refractivity contribution in [1.82, 2.24) is 8.87 Å². The van der Waals surface area contributed by atoms with Crippen molar-refractivity contribution in [2.24, 2.45) is 4.99 Å². The SMILES string of the molecule is CCOC(=O)Cn1c(=NC(=O)c2ccc(S(=O)(=O)N(C)C3CC3)cc2)sc2cc(S(C)(=O)=O)ccc21. The zero-order valence-corrected chi connectivity index (χ0v) is 22.3. The first-order valence-corrected chi connectivity index (χ1v) is 15.2. The second kappa shape index (κ2) is 9.88. The van der Waals surface area contributed by atoms with Gasteiger partial charge in [0.2, 0.25) is 10.0 Å². The standard InChI is InChI=1S/C23H25N3O7S3/c1-4-33-21(27)14-26-19-12-11-18(35(3,29)30)13-20(19)34-23(26)24-22(28)15-5-9-17(10-6-15)36(31,32)25(2)16-7-8-16/h5-6,9-13,16H,4,7-8,14H2,1-3H3. The summed E-state index contributed by atoms with van der Waals surface area (Å²) in [7, 11) is -5.57. The van der Waals surface area contributed by atoms with E-state index in [1.165, 1.54) is 45.3 Å². The van der Waals surface area contributed by atoms with Gasteiger partial charge in [0.1, 0.15) is 6.54 Å². The maximum Gasteiger partial charge on any atom is 0.326 e. The Morgan fingerprint density at radius 3 is 2.31 bits per heavy atom. The van der Waals surface area contributed by atoms with Gasteiger partial charge >= 0.3 is 5.97 Å². The normalized spacial score (nSPS) is 14.9. The minimum absolute atomic E-state index is 0.0114. The van der Waals surface area contributed by atoms with E-state index in [2.05, 4.69) is 4.99 Å². The van der Waals surface area contributed by atoms with Crippen molar-refractivity contribution in [3.8, 4) is 0 Å². The summed E-state index contributed by atoms with van der Waals surface area (Å²) < 4.78 is 57.8. The lowest BCUT2D eigenvalue weighted by Crippen LogP contribution is -2.28. The van der Waals surface area contributed by atoms with Gasteiger partial charge in [-0.05, 0) is 62.2 Å². The molecule has 36 heavy (non-hydrogen) atoms. The maximum atomic E-state index is 12.9. The molecule has 0 saturated heterocycles. The molecule has 1 fully saturated rings. The second-order valence-electron chi connectivity index (χ2n) is 8.37. The molecule has 0 bridgehead atoms. The van der Waals surface area contributed by atoms with Crippen molar-refractivity contribution < 1.29 is 31.2 Å². The highest BCUT2D eigenvalue weighted by molar-refractivity contribution is 7.90. The Kier molecular flexibility index (Phi) is 7.19. The Balaban J connectivity index is 1.72. The molecular formula is C23H25N3O7S3. The smallest absolute Gasteiger partial charge is 0.326 e. The van der Waals surface area contributed by atoms with Gasteiger partial charge in [-0.2, -0.15) is 9.30 Å². The predicted molar refractivity (Wildman–Crippen MR) is 134 cm³/mol. The Labute approximate surface area is 212 Å². The van der Waals surface area contributed by atoms with Gasteiger partial charge < -0.3 is 9.30 Å². The number of aromatic nitrogens is 1. The number of ether oxygens (including phenoxy) is 1. The third-order valence-corrected chi connectivity index (χ3v) is 9.79. The number of hydrogen-bond acceptors (Lipinski definition) is 8. The number of thiazole rings is 1. The molecule has 0 N–H and O–H groups in total. The highest BCUT2D eigenvalue weighted by atomic mass is 32.2. The molecule has 10 nitrogen and oxygen atoms in total. The van der Waals surface area contributed by atoms with Gasteiger partial charge in [0.05, 0.1) is 26.6 Å². The number of esters is 1. The van der Waals surface area contributed by atoms with E-state index in [0.29, 0.717) is 10.2 Å². The van der Waals surface area contributed by atoms with Gasteiger partial charge in [-0.1, -0.05) is 11.3 Å². The molecular weight excluding hydrogens is 526 g/mol. The molecule has 1 aliphatic carbocycles. The summed E-state index contributed by atoms with van der Waals surface area (Å²) in [4.78, 5) is 29.7. The molecule has 1 aromatic heterocycles. The van der Waals surface area contributed by atoms with Crippen molar-refractivity contribution in [2.45, 2.75) is 42.1 Å². The quantitative estimate of drug-likeness (QED) is 0.392. The summed E-state index contributed by atoms with van der Waals surface area (Å²) in [5.41, 5.74) is 0.691. The van der Waals surface area contributed by atoms with Crippen LogP contribution in [0.1, 0.15) is 30.1 Å². The average Bonchev–Trinajstić information content (AvgIpc) is 3.62. The third-order valence-electron chi connectivity index (χ3n) is 5.71. The number of hydrogen-bond donors (Lipinski definition) is 0. The molecule has 3 aromatic rings. The summed E-state index contributed by atoms with van der Waals surface area (Å²) in [5.74, 6) is -1.17. The lowest BCUT2D eigenvalue weighted by molar-refractivity contribution is -0.143. The molecule has 2 aromatic carbocycles. The van der Waals surface area contributed by atoms with Crippen molar-refractivity contribution in [1.29, 1.82) is 0 Å². The van der Waals surface area contributed by atoms with Crippen LogP contribution in [0.5, 0.6) is 0 Å². The summed E-state index contributed by atoms with van der Waals surface area (Å²) in [5, 5.41) is 0. The fraction of sp³-hybridized carbons (Fsp3) is 0.348. The van der Waals surface area contributed by atoms with E-state index >= 15 is 0 Å². The largest absolute Gasteiger partial charge is 0.465 e. The van der Waals surface area contributed by atoms with Crippen molar-refractivity contribution in [3.63, 3.8) is 0 Å². The molecule has 1 saturated carbocycles. The Bertz CT molecular complexity index is 1620. The Morgan fingerprint density at radius 1 is 1.08 bits per heavy atom. The first-order chi connectivity index (χ1) is 16.9. The predicted octanol–water partition coefficient (Wildman–Crippen LogP) is 2.19. The molecule has 0 unspecified atom stereocenters. The first-order valence-electron chi connectivity index (χ1n) is 11.1. The number of carbonyl (C=O) groups is 2. The molecule has 1 amide bonds. The van der Waals surface area contributed by atoms with E-state index in [0.717, 1.165) is 30.4 Å². The molecule has 0 spiro atoms. The minimum Gasteiger partial charge on any atom is -0.465 e. The zero-order chi connectivity index (χ0) is 26.3. The van der Waals surface area contributed by atoms with Crippen molar-refractivity contribution in [3.05, 3.63) is 52.8 Å². The minimum atomic E-state index is -3.65. The zero-order valence-electron chi connectivity index (χ0n) is 19.9. The van der Waals surface area contributed by atoms with E-state index in [-0.39, 0.29) is 39.3 Å². The van der Waals surface area contributed by atoms with Gasteiger partial charge in [-0.25, -0.2) is 16.8 Å². The van der Waals surface area contributed by atoms with Crippen LogP contribution in [0.3, 0.4) is 0 Å². The topological polar surface area (TPSA) is 132 Å². The van der Waals surface area contributed by atoms with Crippen molar-refractivity contribution >= 4 is 53.3 Å². The molecule has 0 radical (unpaired) electrons. The molecule has 192 valence electrons. The molecule has 1 aliphatic rings. The van der Waals surface area contributed by atoms with Crippen LogP contribution >= 0.6 is 11.3 Å². The monoisotopic (exact) mass is 551 g/mol. The average molecular weight is 552 g/mol. The number of benzene rings is 2. The van der Waals surface area contributed by atoms with Crippen LogP contribution in [0.4, 0.5) is 0 Å². The molecule has 0 atom stereocenters. The first kappa shape index (κ1) is 26.2. The van der Waals surface area contributed by atoms with Gasteiger partial charge in [-0.15, -0.1) is 0 Å². The van der Waals surface area contributed by atoms with Crippen LogP contribution in [0, 0.1) is 0 Å². The molecule has 0 aliphatic heterocycles. The van der Waals surface area contributed by atoms with E-state index in [1.807, 2.05) is 0 Å². The maximum absolute atomic E-state index is 12.9. The fourth-order valence-electron chi connectivity index (χ4n) is 3.58. The van der Waals surface area contributed by atoms with E-state index in [9.17, 15) is 26.4 Å². The van der Waals surface area contributed by atoms with Gasteiger partial charge in [0, 0.05) is 24.9 Å². The van der Waals surface area contributed by atoms with Crippen LogP contribution in [-0.2, 0) is 35.9 Å². The summed E-state index contributed by atoms with van der Waals surface area (Å²) in [6, 6.07) is 9.98. The Hall–Kier alpha value is -2.87. The van der Waals surface area contributed by atoms with Gasteiger partial charge in [-0.3, -0.25) is 9.59 Å².